The van der Waals surface area contributed by atoms with Crippen molar-refractivity contribution >= 4 is 5.97 Å². The molecule has 0 bridgehead atoms. The van der Waals surface area contributed by atoms with Crippen LogP contribution in [-0.4, -0.2) is 38.5 Å². The van der Waals surface area contributed by atoms with Crippen molar-refractivity contribution in [3.8, 4) is 6.07 Å². The highest BCUT2D eigenvalue weighted by Crippen LogP contribution is 2.31. The van der Waals surface area contributed by atoms with Crippen LogP contribution in [0.4, 0.5) is 0 Å². The molecule has 1 aliphatic rings. The minimum Gasteiger partial charge on any atom is -0.465 e. The van der Waals surface area contributed by atoms with Crippen molar-refractivity contribution in [1.29, 1.82) is 5.26 Å². The van der Waals surface area contributed by atoms with Gasteiger partial charge in [0.25, 0.3) is 0 Å². The second kappa shape index (κ2) is 12.5. The number of unbranched alkanes of at least 4 members (excludes halogenated alkanes) is 3. The average molecular weight is 388 g/mol. The molecule has 1 saturated heterocycles. The third-order valence-corrected chi connectivity index (χ3v) is 5.25. The number of rotatable bonds is 12. The molecule has 5 nitrogen and oxygen atoms in total. The Morgan fingerprint density at radius 2 is 1.89 bits per heavy atom. The molecule has 0 aromatic heterocycles. The molecule has 1 aromatic carbocycles. The van der Waals surface area contributed by atoms with Crippen LogP contribution in [0.2, 0.25) is 0 Å². The van der Waals surface area contributed by atoms with Gasteiger partial charge in [-0.1, -0.05) is 49.6 Å². The molecular formula is C23H33NO4. The summed E-state index contributed by atoms with van der Waals surface area (Å²) >= 11 is 0. The second-order valence-electron chi connectivity index (χ2n) is 7.42. The van der Waals surface area contributed by atoms with Gasteiger partial charge in [0.1, 0.15) is 0 Å². The first-order valence-electron chi connectivity index (χ1n) is 10.5. The van der Waals surface area contributed by atoms with Crippen molar-refractivity contribution in [2.75, 3.05) is 26.4 Å². The Morgan fingerprint density at radius 1 is 1.18 bits per heavy atom. The van der Waals surface area contributed by atoms with E-state index in [1.54, 1.807) is 6.92 Å². The number of nitrogens with zero attached hydrogens (tertiary/aromatic N) is 1. The third kappa shape index (κ3) is 7.26. The smallest absolute Gasteiger partial charge is 0.326 e. The molecule has 28 heavy (non-hydrogen) atoms. The second-order valence-corrected chi connectivity index (χ2v) is 7.42. The molecule has 0 amide bonds. The number of ether oxygens (including phenoxy) is 3. The molecule has 0 aliphatic carbocycles. The lowest BCUT2D eigenvalue weighted by Crippen LogP contribution is -2.34. The van der Waals surface area contributed by atoms with Crippen molar-refractivity contribution in [2.24, 2.45) is 5.41 Å². The summed E-state index contributed by atoms with van der Waals surface area (Å²) in [6, 6.07) is 12.0. The fraction of sp³-hybridized carbons (Fsp3) is 0.652. The first-order chi connectivity index (χ1) is 13.7. The standard InChI is InChI=1S/C23H33NO4/c1-2-27-22(25)23(19-24,18-20-10-6-5-7-11-20)14-8-3-4-9-15-28-21-12-16-26-17-13-21/h5-7,10-11,21H,2-4,8-9,12-18H2,1H3. The molecule has 1 unspecified atom stereocenters. The lowest BCUT2D eigenvalue weighted by atomic mass is 9.78. The van der Waals surface area contributed by atoms with Crippen molar-refractivity contribution in [3.05, 3.63) is 35.9 Å². The molecular weight excluding hydrogens is 354 g/mol. The fourth-order valence-electron chi connectivity index (χ4n) is 3.59. The lowest BCUT2D eigenvalue weighted by molar-refractivity contribution is -0.152. The van der Waals surface area contributed by atoms with Crippen molar-refractivity contribution < 1.29 is 19.0 Å². The Kier molecular flexibility index (Phi) is 10.0. The van der Waals surface area contributed by atoms with E-state index in [4.69, 9.17) is 14.2 Å². The minimum atomic E-state index is -1.10. The maximum atomic E-state index is 12.6. The van der Waals surface area contributed by atoms with Gasteiger partial charge in [0.2, 0.25) is 0 Å². The van der Waals surface area contributed by atoms with E-state index in [0.717, 1.165) is 63.9 Å². The first-order valence-corrected chi connectivity index (χ1v) is 10.5. The number of nitriles is 1. The van der Waals surface area contributed by atoms with Crippen LogP contribution in [-0.2, 0) is 25.4 Å². The highest BCUT2D eigenvalue weighted by atomic mass is 16.5. The fourth-order valence-corrected chi connectivity index (χ4v) is 3.59. The van der Waals surface area contributed by atoms with Gasteiger partial charge in [-0.15, -0.1) is 0 Å². The molecule has 0 radical (unpaired) electrons. The van der Waals surface area contributed by atoms with Crippen LogP contribution in [0.25, 0.3) is 0 Å². The molecule has 154 valence electrons. The van der Waals surface area contributed by atoms with Crippen molar-refractivity contribution in [3.63, 3.8) is 0 Å². The van der Waals surface area contributed by atoms with E-state index in [-0.39, 0.29) is 0 Å². The molecule has 1 heterocycles. The molecule has 0 N–H and O–H groups in total. The van der Waals surface area contributed by atoms with Crippen LogP contribution in [0.1, 0.15) is 57.4 Å². The van der Waals surface area contributed by atoms with E-state index in [1.165, 1.54) is 0 Å². The molecule has 0 spiro atoms. The van der Waals surface area contributed by atoms with Crippen LogP contribution in [0.15, 0.2) is 30.3 Å². The zero-order valence-corrected chi connectivity index (χ0v) is 17.0. The van der Waals surface area contributed by atoms with Crippen LogP contribution in [0, 0.1) is 16.7 Å². The van der Waals surface area contributed by atoms with E-state index < -0.39 is 11.4 Å². The first kappa shape index (κ1) is 22.4. The van der Waals surface area contributed by atoms with E-state index in [1.807, 2.05) is 30.3 Å². The number of carbonyl (C=O) groups is 1. The van der Waals surface area contributed by atoms with Gasteiger partial charge in [0.05, 0.1) is 18.8 Å². The Hall–Kier alpha value is -1.90. The quantitative estimate of drug-likeness (QED) is 0.391. The summed E-state index contributed by atoms with van der Waals surface area (Å²) in [4.78, 5) is 12.6. The average Bonchev–Trinajstić information content (AvgIpc) is 2.74. The molecule has 1 aromatic rings. The number of hydrogen-bond acceptors (Lipinski definition) is 5. The largest absolute Gasteiger partial charge is 0.465 e. The molecule has 1 aliphatic heterocycles. The predicted molar refractivity (Wildman–Crippen MR) is 108 cm³/mol. The Morgan fingerprint density at radius 3 is 2.57 bits per heavy atom. The van der Waals surface area contributed by atoms with E-state index in [9.17, 15) is 10.1 Å². The summed E-state index contributed by atoms with van der Waals surface area (Å²) in [6.45, 7) is 4.45. The van der Waals surface area contributed by atoms with Gasteiger partial charge in [-0.3, -0.25) is 4.79 Å². The van der Waals surface area contributed by atoms with Crippen LogP contribution >= 0.6 is 0 Å². The molecule has 1 atom stereocenters. The van der Waals surface area contributed by atoms with Gasteiger partial charge in [-0.05, 0) is 38.2 Å². The topological polar surface area (TPSA) is 68.6 Å². The Bertz CT molecular complexity index is 607. The number of esters is 1. The normalized spacial score (nSPS) is 16.9. The van der Waals surface area contributed by atoms with Gasteiger partial charge >= 0.3 is 5.97 Å². The monoisotopic (exact) mass is 387 g/mol. The summed E-state index contributed by atoms with van der Waals surface area (Å²) in [5, 5.41) is 9.84. The lowest BCUT2D eigenvalue weighted by Gasteiger charge is -2.24. The van der Waals surface area contributed by atoms with Crippen LogP contribution in [0.5, 0.6) is 0 Å². The highest BCUT2D eigenvalue weighted by Gasteiger charge is 2.40. The summed E-state index contributed by atoms with van der Waals surface area (Å²) < 4.78 is 16.5. The highest BCUT2D eigenvalue weighted by molar-refractivity contribution is 5.80. The molecule has 5 heteroatoms. The Balaban J connectivity index is 1.76. The van der Waals surface area contributed by atoms with Gasteiger partial charge in [0.15, 0.2) is 5.41 Å². The summed E-state index contributed by atoms with van der Waals surface area (Å²) in [6.07, 6.45) is 7.11. The van der Waals surface area contributed by atoms with Gasteiger partial charge < -0.3 is 14.2 Å². The number of benzene rings is 1. The van der Waals surface area contributed by atoms with Crippen LogP contribution < -0.4 is 0 Å². The summed E-state index contributed by atoms with van der Waals surface area (Å²) in [5.74, 6) is -0.399. The molecule has 2 rings (SSSR count). The number of hydrogen-bond donors (Lipinski definition) is 0. The van der Waals surface area contributed by atoms with E-state index in [2.05, 4.69) is 6.07 Å². The maximum Gasteiger partial charge on any atom is 0.326 e. The van der Waals surface area contributed by atoms with Crippen molar-refractivity contribution in [2.45, 2.75) is 64.4 Å². The zero-order valence-electron chi connectivity index (χ0n) is 17.0. The van der Waals surface area contributed by atoms with Crippen LogP contribution in [0.3, 0.4) is 0 Å². The van der Waals surface area contributed by atoms with E-state index in [0.29, 0.717) is 25.6 Å². The SMILES string of the molecule is CCOC(=O)C(C#N)(CCCCCCOC1CCOCC1)Cc1ccccc1. The van der Waals surface area contributed by atoms with Gasteiger partial charge in [-0.2, -0.15) is 5.26 Å². The molecule has 1 fully saturated rings. The van der Waals surface area contributed by atoms with Gasteiger partial charge in [-0.25, -0.2) is 0 Å². The maximum absolute atomic E-state index is 12.6. The predicted octanol–water partition coefficient (Wildman–Crippen LogP) is 4.45. The molecule has 0 saturated carbocycles. The number of carbonyl (C=O) groups excluding carboxylic acids is 1. The summed E-state index contributed by atoms with van der Waals surface area (Å²) in [5.41, 5.74) is -0.113. The van der Waals surface area contributed by atoms with Crippen molar-refractivity contribution in [1.82, 2.24) is 0 Å². The third-order valence-electron chi connectivity index (χ3n) is 5.25. The van der Waals surface area contributed by atoms with Gasteiger partial charge in [0, 0.05) is 26.2 Å². The summed E-state index contributed by atoms with van der Waals surface area (Å²) in [7, 11) is 0. The minimum absolute atomic E-state index is 0.292. The van der Waals surface area contributed by atoms with E-state index >= 15 is 0 Å². The Labute approximate surface area is 169 Å². The zero-order chi connectivity index (χ0) is 20.1.